The molecular weight excluding hydrogens is 359 g/mol. The largest absolute Gasteiger partial charge is 0.491 e. The van der Waals surface area contributed by atoms with Crippen molar-refractivity contribution in [3.63, 3.8) is 0 Å². The fourth-order valence-corrected chi connectivity index (χ4v) is 2.25. The van der Waals surface area contributed by atoms with Crippen LogP contribution < -0.4 is 15.8 Å². The fraction of sp³-hybridized carbons (Fsp3) is 0.316. The number of hydrogen-bond acceptors (Lipinski definition) is 3. The van der Waals surface area contributed by atoms with Crippen molar-refractivity contribution in [1.29, 1.82) is 0 Å². The number of nitrogens with two attached hydrogens (primary N) is 1. The first kappa shape index (κ1) is 20.6. The van der Waals surface area contributed by atoms with Crippen LogP contribution in [-0.2, 0) is 12.6 Å². The molecule has 0 saturated heterocycles. The van der Waals surface area contributed by atoms with Gasteiger partial charge in [-0.25, -0.2) is 0 Å². The SMILES string of the molecule is CCc1cccc(NC(N)=NCC(O)COc2ccc(C(F)(F)F)cc2)c1. The lowest BCUT2D eigenvalue weighted by Gasteiger charge is -2.12. The minimum Gasteiger partial charge on any atom is -0.491 e. The van der Waals surface area contributed by atoms with Crippen LogP contribution in [0.4, 0.5) is 18.9 Å². The summed E-state index contributed by atoms with van der Waals surface area (Å²) in [5, 5.41) is 12.8. The van der Waals surface area contributed by atoms with Crippen LogP contribution >= 0.6 is 0 Å². The van der Waals surface area contributed by atoms with Crippen molar-refractivity contribution in [3.05, 3.63) is 59.7 Å². The van der Waals surface area contributed by atoms with E-state index in [1.807, 2.05) is 31.2 Å². The van der Waals surface area contributed by atoms with Gasteiger partial charge in [0.1, 0.15) is 18.5 Å². The summed E-state index contributed by atoms with van der Waals surface area (Å²) < 4.78 is 42.8. The number of benzene rings is 2. The van der Waals surface area contributed by atoms with Gasteiger partial charge in [0.25, 0.3) is 0 Å². The Kier molecular flexibility index (Phi) is 7.06. The van der Waals surface area contributed by atoms with Gasteiger partial charge in [0.05, 0.1) is 12.1 Å². The molecule has 2 aromatic rings. The van der Waals surface area contributed by atoms with E-state index in [0.717, 1.165) is 29.8 Å². The number of halogens is 3. The summed E-state index contributed by atoms with van der Waals surface area (Å²) >= 11 is 0. The summed E-state index contributed by atoms with van der Waals surface area (Å²) in [6.45, 7) is 1.92. The monoisotopic (exact) mass is 381 g/mol. The third kappa shape index (κ3) is 6.82. The first-order chi connectivity index (χ1) is 12.8. The average molecular weight is 381 g/mol. The molecule has 0 aliphatic heterocycles. The fourth-order valence-electron chi connectivity index (χ4n) is 2.25. The Morgan fingerprint density at radius 1 is 1.22 bits per heavy atom. The van der Waals surface area contributed by atoms with Crippen LogP contribution in [0.3, 0.4) is 0 Å². The zero-order chi connectivity index (χ0) is 19.9. The highest BCUT2D eigenvalue weighted by Crippen LogP contribution is 2.30. The van der Waals surface area contributed by atoms with Crippen LogP contribution in [0.5, 0.6) is 5.75 Å². The quantitative estimate of drug-likeness (QED) is 0.507. The summed E-state index contributed by atoms with van der Waals surface area (Å²) in [5.41, 5.74) is 6.98. The van der Waals surface area contributed by atoms with Crippen LogP contribution in [0, 0.1) is 0 Å². The summed E-state index contributed by atoms with van der Waals surface area (Å²) in [6.07, 6.45) is -4.45. The average Bonchev–Trinajstić information content (AvgIpc) is 2.64. The van der Waals surface area contributed by atoms with E-state index in [-0.39, 0.29) is 24.9 Å². The molecule has 0 bridgehead atoms. The number of aliphatic hydroxyl groups is 1. The smallest absolute Gasteiger partial charge is 0.416 e. The molecule has 146 valence electrons. The van der Waals surface area contributed by atoms with Gasteiger partial charge in [0.15, 0.2) is 5.96 Å². The zero-order valence-corrected chi connectivity index (χ0v) is 14.8. The van der Waals surface area contributed by atoms with Gasteiger partial charge in [0, 0.05) is 5.69 Å². The third-order valence-electron chi connectivity index (χ3n) is 3.70. The second-order valence-corrected chi connectivity index (χ2v) is 5.89. The number of alkyl halides is 3. The lowest BCUT2D eigenvalue weighted by molar-refractivity contribution is -0.137. The number of aliphatic hydroxyl groups excluding tert-OH is 1. The molecule has 5 nitrogen and oxygen atoms in total. The Bertz CT molecular complexity index is 762. The van der Waals surface area contributed by atoms with Gasteiger partial charge in [-0.15, -0.1) is 0 Å². The van der Waals surface area contributed by atoms with Gasteiger partial charge in [-0.2, -0.15) is 13.2 Å². The molecule has 0 saturated carbocycles. The molecule has 0 spiro atoms. The molecule has 1 atom stereocenters. The number of aliphatic imine (C=N–C) groups is 1. The number of hydrogen-bond donors (Lipinski definition) is 3. The number of anilines is 1. The van der Waals surface area contributed by atoms with E-state index in [1.54, 1.807) is 0 Å². The maximum absolute atomic E-state index is 12.5. The number of nitrogens with zero attached hydrogens (tertiary/aromatic N) is 1. The molecular formula is C19H22F3N3O2. The van der Waals surface area contributed by atoms with Crippen molar-refractivity contribution < 1.29 is 23.0 Å². The van der Waals surface area contributed by atoms with Gasteiger partial charge in [-0.1, -0.05) is 19.1 Å². The highest BCUT2D eigenvalue weighted by molar-refractivity contribution is 5.92. The Morgan fingerprint density at radius 3 is 2.56 bits per heavy atom. The van der Waals surface area contributed by atoms with Crippen molar-refractivity contribution >= 4 is 11.6 Å². The van der Waals surface area contributed by atoms with E-state index < -0.39 is 17.8 Å². The van der Waals surface area contributed by atoms with Crippen LogP contribution in [0.1, 0.15) is 18.1 Å². The maximum Gasteiger partial charge on any atom is 0.416 e. The molecule has 1 unspecified atom stereocenters. The number of nitrogens with one attached hydrogen (secondary N) is 1. The summed E-state index contributed by atoms with van der Waals surface area (Å²) in [5.74, 6) is 0.380. The molecule has 27 heavy (non-hydrogen) atoms. The van der Waals surface area contributed by atoms with E-state index in [1.165, 1.54) is 12.1 Å². The second-order valence-electron chi connectivity index (χ2n) is 5.89. The predicted octanol–water partition coefficient (Wildman–Crippen LogP) is 3.43. The summed E-state index contributed by atoms with van der Waals surface area (Å²) in [4.78, 5) is 4.04. The normalized spacial score (nSPS) is 13.3. The molecule has 0 aliphatic rings. The predicted molar refractivity (Wildman–Crippen MR) is 98.9 cm³/mol. The number of rotatable bonds is 7. The maximum atomic E-state index is 12.5. The number of ether oxygens (including phenoxy) is 1. The van der Waals surface area contributed by atoms with Crippen molar-refractivity contribution in [3.8, 4) is 5.75 Å². The van der Waals surface area contributed by atoms with Crippen LogP contribution in [0.25, 0.3) is 0 Å². The summed E-state index contributed by atoms with van der Waals surface area (Å²) in [6, 6.07) is 12.0. The highest BCUT2D eigenvalue weighted by Gasteiger charge is 2.30. The topological polar surface area (TPSA) is 79.9 Å². The Morgan fingerprint density at radius 2 is 1.93 bits per heavy atom. The molecule has 2 rings (SSSR count). The van der Waals surface area contributed by atoms with E-state index in [4.69, 9.17) is 10.5 Å². The van der Waals surface area contributed by atoms with E-state index in [9.17, 15) is 18.3 Å². The molecule has 0 aromatic heterocycles. The van der Waals surface area contributed by atoms with Crippen molar-refractivity contribution in [1.82, 2.24) is 0 Å². The van der Waals surface area contributed by atoms with Gasteiger partial charge < -0.3 is 20.9 Å². The van der Waals surface area contributed by atoms with Crippen molar-refractivity contribution in [2.24, 2.45) is 10.7 Å². The van der Waals surface area contributed by atoms with E-state index in [2.05, 4.69) is 10.3 Å². The summed E-state index contributed by atoms with van der Waals surface area (Å²) in [7, 11) is 0. The van der Waals surface area contributed by atoms with Crippen LogP contribution in [0.2, 0.25) is 0 Å². The van der Waals surface area contributed by atoms with Gasteiger partial charge >= 0.3 is 6.18 Å². The second kappa shape index (κ2) is 9.27. The lowest BCUT2D eigenvalue weighted by atomic mass is 10.1. The Balaban J connectivity index is 1.80. The standard InChI is InChI=1S/C19H22F3N3O2/c1-2-13-4-3-5-15(10-13)25-18(23)24-11-16(26)12-27-17-8-6-14(7-9-17)19(20,21)22/h3-10,16,26H,2,11-12H2,1H3,(H3,23,24,25). The van der Waals surface area contributed by atoms with E-state index >= 15 is 0 Å². The first-order valence-corrected chi connectivity index (χ1v) is 8.42. The minimum absolute atomic E-state index is 0.00701. The lowest BCUT2D eigenvalue weighted by Crippen LogP contribution is -2.27. The molecule has 2 aromatic carbocycles. The molecule has 0 heterocycles. The third-order valence-corrected chi connectivity index (χ3v) is 3.70. The van der Waals surface area contributed by atoms with Gasteiger partial charge in [-0.05, 0) is 48.4 Å². The van der Waals surface area contributed by atoms with Crippen molar-refractivity contribution in [2.45, 2.75) is 25.6 Å². The molecule has 8 heteroatoms. The van der Waals surface area contributed by atoms with E-state index in [0.29, 0.717) is 0 Å². The van der Waals surface area contributed by atoms with Crippen LogP contribution in [0.15, 0.2) is 53.5 Å². The number of aryl methyl sites for hydroxylation is 1. The van der Waals surface area contributed by atoms with Crippen molar-refractivity contribution in [2.75, 3.05) is 18.5 Å². The Labute approximate surface area is 155 Å². The molecule has 0 aliphatic carbocycles. The van der Waals surface area contributed by atoms with Gasteiger partial charge in [0.2, 0.25) is 0 Å². The van der Waals surface area contributed by atoms with Crippen LogP contribution in [-0.4, -0.2) is 30.3 Å². The first-order valence-electron chi connectivity index (χ1n) is 8.42. The number of guanidine groups is 1. The molecule has 0 radical (unpaired) electrons. The minimum atomic E-state index is -4.39. The zero-order valence-electron chi connectivity index (χ0n) is 14.8. The molecule has 4 N–H and O–H groups in total. The van der Waals surface area contributed by atoms with Gasteiger partial charge in [-0.3, -0.25) is 4.99 Å². The molecule has 0 fully saturated rings. The molecule has 0 amide bonds. The highest BCUT2D eigenvalue weighted by atomic mass is 19.4. The Hall–Kier alpha value is -2.74.